The van der Waals surface area contributed by atoms with Crippen molar-refractivity contribution in [3.63, 3.8) is 0 Å². The molecule has 106 valence electrons. The van der Waals surface area contributed by atoms with Gasteiger partial charge in [0.25, 0.3) is 0 Å². The molecule has 0 spiro atoms. The molecule has 3 saturated heterocycles. The number of fused-ring (bicyclic) bond motifs is 3. The molecule has 20 heavy (non-hydrogen) atoms. The van der Waals surface area contributed by atoms with Crippen LogP contribution in [0.15, 0.2) is 24.3 Å². The summed E-state index contributed by atoms with van der Waals surface area (Å²) in [6.45, 7) is 4.23. The molecule has 4 atom stereocenters. The Morgan fingerprint density at radius 2 is 2.35 bits per heavy atom. The van der Waals surface area contributed by atoms with E-state index < -0.39 is 0 Å². The smallest absolute Gasteiger partial charge is 0.0409 e. The van der Waals surface area contributed by atoms with Gasteiger partial charge in [0.1, 0.15) is 0 Å². The van der Waals surface area contributed by atoms with E-state index in [1.165, 1.54) is 24.9 Å². The third-order valence-corrected chi connectivity index (χ3v) is 4.93. The summed E-state index contributed by atoms with van der Waals surface area (Å²) in [5, 5.41) is 4.37. The summed E-state index contributed by atoms with van der Waals surface area (Å²) in [5.74, 6) is 4.19. The second-order valence-corrected chi connectivity index (χ2v) is 6.40. The largest absolute Gasteiger partial charge is 0.311 e. The van der Waals surface area contributed by atoms with Gasteiger partial charge in [0.15, 0.2) is 0 Å². The van der Waals surface area contributed by atoms with Gasteiger partial charge in [-0.1, -0.05) is 23.7 Å². The third kappa shape index (κ3) is 3.01. The minimum absolute atomic E-state index is 0.480. The van der Waals surface area contributed by atoms with E-state index in [1.807, 2.05) is 18.2 Å². The first-order valence-electron chi connectivity index (χ1n) is 7.41. The summed E-state index contributed by atoms with van der Waals surface area (Å²) in [6, 6.07) is 8.70. The molecule has 3 heterocycles. The molecule has 3 aliphatic heterocycles. The second kappa shape index (κ2) is 6.18. The van der Waals surface area contributed by atoms with Gasteiger partial charge in [-0.05, 0) is 43.0 Å². The van der Waals surface area contributed by atoms with Crippen molar-refractivity contribution >= 4 is 11.6 Å². The van der Waals surface area contributed by atoms with E-state index in [1.54, 1.807) is 0 Å². The van der Waals surface area contributed by atoms with Crippen molar-refractivity contribution < 1.29 is 0 Å². The molecule has 4 unspecified atom stereocenters. The highest BCUT2D eigenvalue weighted by Gasteiger charge is 2.38. The first-order valence-corrected chi connectivity index (χ1v) is 7.79. The normalized spacial score (nSPS) is 32.0. The number of halogens is 1. The maximum atomic E-state index is 6.00. The second-order valence-electron chi connectivity index (χ2n) is 5.97. The average Bonchev–Trinajstić information content (AvgIpc) is 2.48. The molecule has 2 nitrogen and oxygen atoms in total. The lowest BCUT2D eigenvalue weighted by Gasteiger charge is -2.48. The summed E-state index contributed by atoms with van der Waals surface area (Å²) < 4.78 is 0. The van der Waals surface area contributed by atoms with Crippen LogP contribution < -0.4 is 5.32 Å². The number of piperidine rings is 3. The van der Waals surface area contributed by atoms with Crippen molar-refractivity contribution in [3.05, 3.63) is 34.9 Å². The number of nitrogens with zero attached hydrogens (tertiary/aromatic N) is 1. The van der Waals surface area contributed by atoms with Gasteiger partial charge in [-0.2, -0.15) is 0 Å². The predicted octanol–water partition coefficient (Wildman–Crippen LogP) is 2.77. The molecule has 3 aliphatic rings. The van der Waals surface area contributed by atoms with Gasteiger partial charge in [-0.25, -0.2) is 0 Å². The molecule has 3 fully saturated rings. The number of hydrogen-bond acceptors (Lipinski definition) is 2. The first-order chi connectivity index (χ1) is 9.76. The average molecular weight is 289 g/mol. The lowest BCUT2D eigenvalue weighted by Crippen LogP contribution is -2.55. The van der Waals surface area contributed by atoms with Crippen LogP contribution in [0.1, 0.15) is 18.4 Å². The Hall–Kier alpha value is -1.01. The monoisotopic (exact) mass is 288 g/mol. The molecule has 0 aliphatic carbocycles. The number of terminal acetylenes is 1. The summed E-state index contributed by atoms with van der Waals surface area (Å²) in [5.41, 5.74) is 1.25. The van der Waals surface area contributed by atoms with Gasteiger partial charge in [-0.3, -0.25) is 4.90 Å². The molecule has 0 saturated carbocycles. The van der Waals surface area contributed by atoms with Crippen molar-refractivity contribution in [1.82, 2.24) is 10.2 Å². The Labute approximate surface area is 126 Å². The van der Waals surface area contributed by atoms with Crippen LogP contribution in [0.5, 0.6) is 0 Å². The van der Waals surface area contributed by atoms with Crippen molar-refractivity contribution in [2.45, 2.75) is 25.4 Å². The van der Waals surface area contributed by atoms with Crippen LogP contribution in [0.25, 0.3) is 0 Å². The maximum Gasteiger partial charge on any atom is 0.0409 e. The zero-order valence-electron chi connectivity index (χ0n) is 11.7. The predicted molar refractivity (Wildman–Crippen MR) is 83.6 cm³/mol. The lowest BCUT2D eigenvalue weighted by atomic mass is 9.76. The summed E-state index contributed by atoms with van der Waals surface area (Å²) in [4.78, 5) is 2.56. The van der Waals surface area contributed by atoms with Crippen LogP contribution in [0, 0.1) is 24.2 Å². The van der Waals surface area contributed by atoms with E-state index in [0.717, 1.165) is 30.6 Å². The molecule has 0 radical (unpaired) electrons. The van der Waals surface area contributed by atoms with Crippen molar-refractivity contribution in [2.75, 3.05) is 19.6 Å². The zero-order valence-corrected chi connectivity index (χ0v) is 12.4. The van der Waals surface area contributed by atoms with Gasteiger partial charge in [0.2, 0.25) is 0 Å². The topological polar surface area (TPSA) is 15.3 Å². The highest BCUT2D eigenvalue weighted by atomic mass is 35.5. The third-order valence-electron chi connectivity index (χ3n) is 4.69. The quantitative estimate of drug-likeness (QED) is 0.857. The number of hydrogen-bond donors (Lipinski definition) is 1. The van der Waals surface area contributed by atoms with Gasteiger partial charge < -0.3 is 5.32 Å². The van der Waals surface area contributed by atoms with E-state index in [0.29, 0.717) is 12.0 Å². The molecule has 1 aromatic carbocycles. The number of benzene rings is 1. The van der Waals surface area contributed by atoms with Crippen molar-refractivity contribution in [2.24, 2.45) is 11.8 Å². The fourth-order valence-electron chi connectivity index (χ4n) is 3.57. The Bertz CT molecular complexity index is 508. The van der Waals surface area contributed by atoms with Crippen molar-refractivity contribution in [3.8, 4) is 12.3 Å². The fourth-order valence-corrected chi connectivity index (χ4v) is 3.78. The lowest BCUT2D eigenvalue weighted by molar-refractivity contribution is 0.0227. The molecule has 1 N–H and O–H groups in total. The minimum Gasteiger partial charge on any atom is -0.311 e. The van der Waals surface area contributed by atoms with Crippen LogP contribution >= 0.6 is 11.6 Å². The van der Waals surface area contributed by atoms with Crippen LogP contribution in [0.4, 0.5) is 0 Å². The van der Waals surface area contributed by atoms with Gasteiger partial charge >= 0.3 is 0 Å². The van der Waals surface area contributed by atoms with Gasteiger partial charge in [-0.15, -0.1) is 12.3 Å². The molecule has 1 aromatic rings. The standard InChI is InChI=1S/C17H21ClN2/c1-2-14-12-20-7-6-15(14)9-17(20)11-19-10-13-4-3-5-16(18)8-13/h1,3-5,8,14-15,17,19H,6-7,9-12H2. The zero-order chi connectivity index (χ0) is 13.9. The van der Waals surface area contributed by atoms with E-state index in [9.17, 15) is 0 Å². The Morgan fingerprint density at radius 1 is 1.45 bits per heavy atom. The Kier molecular flexibility index (Phi) is 4.31. The van der Waals surface area contributed by atoms with Crippen molar-refractivity contribution in [1.29, 1.82) is 0 Å². The molecule has 4 rings (SSSR count). The Morgan fingerprint density at radius 3 is 3.05 bits per heavy atom. The first kappa shape index (κ1) is 13.9. The highest BCUT2D eigenvalue weighted by Crippen LogP contribution is 2.35. The summed E-state index contributed by atoms with van der Waals surface area (Å²) in [6.07, 6.45) is 8.15. The van der Waals surface area contributed by atoms with E-state index >= 15 is 0 Å². The maximum absolute atomic E-state index is 6.00. The SMILES string of the molecule is C#CC1CN2CCC1CC2CNCc1cccc(Cl)c1. The summed E-state index contributed by atoms with van der Waals surface area (Å²) >= 11 is 6.00. The van der Waals surface area contributed by atoms with E-state index in [2.05, 4.69) is 22.2 Å². The fraction of sp³-hybridized carbons (Fsp3) is 0.529. The molecule has 0 aromatic heterocycles. The minimum atomic E-state index is 0.480. The summed E-state index contributed by atoms with van der Waals surface area (Å²) in [7, 11) is 0. The van der Waals surface area contributed by atoms with Gasteiger partial charge in [0.05, 0.1) is 0 Å². The van der Waals surface area contributed by atoms with E-state index in [-0.39, 0.29) is 0 Å². The molecule has 0 amide bonds. The number of rotatable bonds is 4. The van der Waals surface area contributed by atoms with Crippen LogP contribution in [0.3, 0.4) is 0 Å². The number of nitrogens with one attached hydrogen (secondary N) is 1. The molecule has 2 bridgehead atoms. The Balaban J connectivity index is 1.49. The molecular weight excluding hydrogens is 268 g/mol. The highest BCUT2D eigenvalue weighted by molar-refractivity contribution is 6.30. The van der Waals surface area contributed by atoms with Crippen LogP contribution in [-0.4, -0.2) is 30.6 Å². The van der Waals surface area contributed by atoms with E-state index in [4.69, 9.17) is 18.0 Å². The molecule has 3 heteroatoms. The van der Waals surface area contributed by atoms with Gasteiger partial charge in [0, 0.05) is 36.6 Å². The van der Waals surface area contributed by atoms with Crippen LogP contribution in [-0.2, 0) is 6.54 Å². The molecular formula is C17H21ClN2. The van der Waals surface area contributed by atoms with Crippen LogP contribution in [0.2, 0.25) is 5.02 Å².